The van der Waals surface area contributed by atoms with Gasteiger partial charge in [-0.25, -0.2) is 0 Å². The second kappa shape index (κ2) is 6.24. The van der Waals surface area contributed by atoms with Gasteiger partial charge < -0.3 is 14.6 Å². The molecule has 1 atom stereocenters. The van der Waals surface area contributed by atoms with Gasteiger partial charge >= 0.3 is 0 Å². The first-order valence-corrected chi connectivity index (χ1v) is 7.25. The summed E-state index contributed by atoms with van der Waals surface area (Å²) in [6.45, 7) is 7.95. The van der Waals surface area contributed by atoms with Crippen LogP contribution >= 0.6 is 0 Å². The molecular formula is C15H24N2O2. The van der Waals surface area contributed by atoms with E-state index in [1.165, 1.54) is 6.42 Å². The Labute approximate surface area is 115 Å². The van der Waals surface area contributed by atoms with E-state index >= 15 is 0 Å². The van der Waals surface area contributed by atoms with Gasteiger partial charge in [0, 0.05) is 25.0 Å². The quantitative estimate of drug-likeness (QED) is 0.888. The summed E-state index contributed by atoms with van der Waals surface area (Å²) in [5.41, 5.74) is 0. The minimum atomic E-state index is 0.00315. The molecule has 1 N–H and O–H groups in total. The molecule has 1 aliphatic heterocycles. The minimum absolute atomic E-state index is 0.00315. The van der Waals surface area contributed by atoms with Crippen LogP contribution in [0.2, 0.25) is 0 Å². The number of furan rings is 1. The van der Waals surface area contributed by atoms with Crippen LogP contribution in [0.4, 0.5) is 0 Å². The number of nitrogens with zero attached hydrogens (tertiary/aromatic N) is 1. The molecule has 2 rings (SSSR count). The summed E-state index contributed by atoms with van der Waals surface area (Å²) in [6.07, 6.45) is 3.17. The SMILES string of the molecule is CCc1ccc(C(=O)N(CC2CCCN2)C(C)C)o1. The Hall–Kier alpha value is -1.29. The molecule has 1 aromatic heterocycles. The summed E-state index contributed by atoms with van der Waals surface area (Å²) >= 11 is 0. The Morgan fingerprint density at radius 3 is 2.84 bits per heavy atom. The lowest BCUT2D eigenvalue weighted by molar-refractivity contribution is 0.0654. The van der Waals surface area contributed by atoms with Crippen LogP contribution < -0.4 is 5.32 Å². The smallest absolute Gasteiger partial charge is 0.289 e. The number of rotatable bonds is 5. The van der Waals surface area contributed by atoms with Crippen molar-refractivity contribution in [3.63, 3.8) is 0 Å². The zero-order valence-corrected chi connectivity index (χ0v) is 12.1. The third kappa shape index (κ3) is 3.38. The molecule has 106 valence electrons. The summed E-state index contributed by atoms with van der Waals surface area (Å²) in [5.74, 6) is 1.33. The van der Waals surface area contributed by atoms with Gasteiger partial charge in [-0.2, -0.15) is 0 Å². The molecule has 4 nitrogen and oxygen atoms in total. The molecule has 0 spiro atoms. The zero-order chi connectivity index (χ0) is 13.8. The van der Waals surface area contributed by atoms with E-state index in [2.05, 4.69) is 19.2 Å². The van der Waals surface area contributed by atoms with Crippen molar-refractivity contribution >= 4 is 5.91 Å². The number of carbonyl (C=O) groups is 1. The molecule has 2 heterocycles. The lowest BCUT2D eigenvalue weighted by Crippen LogP contribution is -2.44. The predicted molar refractivity (Wildman–Crippen MR) is 75.3 cm³/mol. The number of nitrogens with one attached hydrogen (secondary N) is 1. The monoisotopic (exact) mass is 264 g/mol. The molecule has 0 radical (unpaired) electrons. The summed E-state index contributed by atoms with van der Waals surface area (Å²) in [4.78, 5) is 14.4. The Morgan fingerprint density at radius 1 is 1.53 bits per heavy atom. The minimum Gasteiger partial charge on any atom is -0.456 e. The van der Waals surface area contributed by atoms with Gasteiger partial charge in [-0.15, -0.1) is 0 Å². The topological polar surface area (TPSA) is 45.5 Å². The van der Waals surface area contributed by atoms with Crippen molar-refractivity contribution in [1.82, 2.24) is 10.2 Å². The Morgan fingerprint density at radius 2 is 2.32 bits per heavy atom. The van der Waals surface area contributed by atoms with Crippen LogP contribution in [0.25, 0.3) is 0 Å². The fourth-order valence-electron chi connectivity index (χ4n) is 2.50. The first kappa shape index (κ1) is 14.1. The van der Waals surface area contributed by atoms with Crippen molar-refractivity contribution in [2.45, 2.75) is 52.1 Å². The van der Waals surface area contributed by atoms with E-state index in [4.69, 9.17) is 4.42 Å². The number of hydrogen-bond donors (Lipinski definition) is 1. The molecule has 1 amide bonds. The van der Waals surface area contributed by atoms with Crippen molar-refractivity contribution in [2.75, 3.05) is 13.1 Å². The Balaban J connectivity index is 2.06. The molecule has 1 aliphatic rings. The predicted octanol–water partition coefficient (Wildman–Crippen LogP) is 2.44. The highest BCUT2D eigenvalue weighted by atomic mass is 16.4. The number of hydrogen-bond acceptors (Lipinski definition) is 3. The molecule has 1 aromatic rings. The van der Waals surface area contributed by atoms with Crippen molar-refractivity contribution in [3.05, 3.63) is 23.7 Å². The van der Waals surface area contributed by atoms with Gasteiger partial charge in [0.1, 0.15) is 5.76 Å². The highest BCUT2D eigenvalue weighted by Crippen LogP contribution is 2.15. The first-order valence-electron chi connectivity index (χ1n) is 7.25. The summed E-state index contributed by atoms with van der Waals surface area (Å²) in [6, 6.07) is 4.29. The molecule has 0 bridgehead atoms. The van der Waals surface area contributed by atoms with Crippen LogP contribution in [0.1, 0.15) is 49.9 Å². The van der Waals surface area contributed by atoms with Crippen molar-refractivity contribution < 1.29 is 9.21 Å². The van der Waals surface area contributed by atoms with E-state index in [0.29, 0.717) is 11.8 Å². The average Bonchev–Trinajstić information content (AvgIpc) is 3.05. The number of aryl methyl sites for hydroxylation is 1. The largest absolute Gasteiger partial charge is 0.456 e. The fourth-order valence-corrected chi connectivity index (χ4v) is 2.50. The third-order valence-electron chi connectivity index (χ3n) is 3.68. The Bertz CT molecular complexity index is 420. The van der Waals surface area contributed by atoms with E-state index in [0.717, 1.165) is 31.7 Å². The van der Waals surface area contributed by atoms with Crippen molar-refractivity contribution in [3.8, 4) is 0 Å². The Kier molecular flexibility index (Phi) is 4.64. The van der Waals surface area contributed by atoms with E-state index < -0.39 is 0 Å². The van der Waals surface area contributed by atoms with Crippen LogP contribution in [-0.4, -0.2) is 36.0 Å². The summed E-state index contributed by atoms with van der Waals surface area (Å²) in [5, 5.41) is 3.44. The van der Waals surface area contributed by atoms with Gasteiger partial charge in [-0.3, -0.25) is 4.79 Å². The first-order chi connectivity index (χ1) is 9.11. The second-order valence-corrected chi connectivity index (χ2v) is 5.46. The third-order valence-corrected chi connectivity index (χ3v) is 3.68. The van der Waals surface area contributed by atoms with Crippen molar-refractivity contribution in [2.24, 2.45) is 0 Å². The maximum absolute atomic E-state index is 12.5. The molecule has 0 saturated carbocycles. The van der Waals surface area contributed by atoms with E-state index in [9.17, 15) is 4.79 Å². The van der Waals surface area contributed by atoms with E-state index in [-0.39, 0.29) is 11.9 Å². The lowest BCUT2D eigenvalue weighted by atomic mass is 10.2. The zero-order valence-electron chi connectivity index (χ0n) is 12.1. The maximum atomic E-state index is 12.5. The molecule has 4 heteroatoms. The van der Waals surface area contributed by atoms with Gasteiger partial charge in [-0.1, -0.05) is 6.92 Å². The molecule has 19 heavy (non-hydrogen) atoms. The van der Waals surface area contributed by atoms with Gasteiger partial charge in [-0.05, 0) is 45.4 Å². The van der Waals surface area contributed by atoms with Gasteiger partial charge in [0.15, 0.2) is 5.76 Å². The summed E-state index contributed by atoms with van der Waals surface area (Å²) < 4.78 is 5.58. The maximum Gasteiger partial charge on any atom is 0.289 e. The fraction of sp³-hybridized carbons (Fsp3) is 0.667. The highest BCUT2D eigenvalue weighted by molar-refractivity contribution is 5.91. The van der Waals surface area contributed by atoms with E-state index in [1.807, 2.05) is 17.9 Å². The van der Waals surface area contributed by atoms with Crippen LogP contribution in [-0.2, 0) is 6.42 Å². The molecule has 0 aliphatic carbocycles. The highest BCUT2D eigenvalue weighted by Gasteiger charge is 2.26. The van der Waals surface area contributed by atoms with Gasteiger partial charge in [0.2, 0.25) is 0 Å². The lowest BCUT2D eigenvalue weighted by Gasteiger charge is -2.28. The van der Waals surface area contributed by atoms with Crippen molar-refractivity contribution in [1.29, 1.82) is 0 Å². The molecule has 1 saturated heterocycles. The van der Waals surface area contributed by atoms with Crippen LogP contribution in [0.15, 0.2) is 16.5 Å². The number of carbonyl (C=O) groups excluding carboxylic acids is 1. The molecule has 0 aromatic carbocycles. The summed E-state index contributed by atoms with van der Waals surface area (Å²) in [7, 11) is 0. The van der Waals surface area contributed by atoms with Crippen LogP contribution in [0.3, 0.4) is 0 Å². The molecule has 1 unspecified atom stereocenters. The standard InChI is InChI=1S/C15H24N2O2/c1-4-13-7-8-14(19-13)15(18)17(11(2)3)10-12-6-5-9-16-12/h7-8,11-12,16H,4-6,9-10H2,1-3H3. The normalized spacial score (nSPS) is 19.1. The average molecular weight is 264 g/mol. The molecule has 1 fully saturated rings. The van der Waals surface area contributed by atoms with Crippen LogP contribution in [0, 0.1) is 0 Å². The van der Waals surface area contributed by atoms with Gasteiger partial charge in [0.05, 0.1) is 0 Å². The number of amides is 1. The molecular weight excluding hydrogens is 240 g/mol. The van der Waals surface area contributed by atoms with Gasteiger partial charge in [0.25, 0.3) is 5.91 Å². The van der Waals surface area contributed by atoms with Crippen LogP contribution in [0.5, 0.6) is 0 Å². The second-order valence-electron chi connectivity index (χ2n) is 5.46. The van der Waals surface area contributed by atoms with E-state index in [1.54, 1.807) is 6.07 Å².